The van der Waals surface area contributed by atoms with Crippen molar-refractivity contribution in [3.05, 3.63) is 65.7 Å². The number of rotatable bonds is 6. The van der Waals surface area contributed by atoms with Gasteiger partial charge >= 0.3 is 6.18 Å². The molecule has 0 aliphatic carbocycles. The van der Waals surface area contributed by atoms with Crippen molar-refractivity contribution in [1.82, 2.24) is 5.32 Å². The summed E-state index contributed by atoms with van der Waals surface area (Å²) >= 11 is 0. The van der Waals surface area contributed by atoms with Crippen LogP contribution in [0.15, 0.2) is 54.6 Å². The fourth-order valence-corrected chi connectivity index (χ4v) is 1.92. The second-order valence-electron chi connectivity index (χ2n) is 4.90. The zero-order valence-corrected chi connectivity index (χ0v) is 12.3. The first kappa shape index (κ1) is 16.9. The summed E-state index contributed by atoms with van der Waals surface area (Å²) in [4.78, 5) is 11.6. The van der Waals surface area contributed by atoms with Gasteiger partial charge in [0, 0.05) is 6.54 Å². The first-order valence-corrected chi connectivity index (χ1v) is 7.06. The first-order chi connectivity index (χ1) is 10.9. The molecule has 0 bridgehead atoms. The Labute approximate surface area is 132 Å². The predicted octanol–water partition coefficient (Wildman–Crippen LogP) is 3.44. The maximum Gasteiger partial charge on any atom is 0.416 e. The minimum atomic E-state index is -4.33. The Balaban J connectivity index is 1.71. The largest absolute Gasteiger partial charge is 0.484 e. The van der Waals surface area contributed by atoms with Gasteiger partial charge in [-0.25, -0.2) is 0 Å². The second-order valence-corrected chi connectivity index (χ2v) is 4.90. The third-order valence-corrected chi connectivity index (χ3v) is 3.13. The van der Waals surface area contributed by atoms with Crippen molar-refractivity contribution in [1.29, 1.82) is 0 Å². The molecule has 0 saturated carbocycles. The van der Waals surface area contributed by atoms with E-state index >= 15 is 0 Å². The Morgan fingerprint density at radius 1 is 1.00 bits per heavy atom. The molecule has 23 heavy (non-hydrogen) atoms. The van der Waals surface area contributed by atoms with E-state index in [4.69, 9.17) is 4.74 Å². The van der Waals surface area contributed by atoms with E-state index in [9.17, 15) is 18.0 Å². The summed E-state index contributed by atoms with van der Waals surface area (Å²) in [5.74, 6) is 0.325. The molecule has 3 nitrogen and oxygen atoms in total. The van der Waals surface area contributed by atoms with Crippen molar-refractivity contribution >= 4 is 5.91 Å². The van der Waals surface area contributed by atoms with E-state index in [1.165, 1.54) is 12.1 Å². The van der Waals surface area contributed by atoms with E-state index in [1.807, 2.05) is 6.07 Å². The van der Waals surface area contributed by atoms with Gasteiger partial charge in [-0.3, -0.25) is 4.79 Å². The van der Waals surface area contributed by atoms with Gasteiger partial charge in [0.2, 0.25) is 0 Å². The van der Waals surface area contributed by atoms with Crippen LogP contribution in [0.25, 0.3) is 0 Å². The average Bonchev–Trinajstić information content (AvgIpc) is 2.53. The lowest BCUT2D eigenvalue weighted by molar-refractivity contribution is -0.137. The summed E-state index contributed by atoms with van der Waals surface area (Å²) in [5.41, 5.74) is 0.0452. The molecular formula is C17H16F3NO2. The number of alkyl halides is 3. The molecule has 0 unspecified atom stereocenters. The van der Waals surface area contributed by atoms with E-state index in [0.29, 0.717) is 18.7 Å². The molecule has 0 fully saturated rings. The lowest BCUT2D eigenvalue weighted by Gasteiger charge is -2.09. The van der Waals surface area contributed by atoms with Crippen molar-refractivity contribution in [3.63, 3.8) is 0 Å². The van der Waals surface area contributed by atoms with Crippen molar-refractivity contribution in [2.45, 2.75) is 12.6 Å². The molecular weight excluding hydrogens is 307 g/mol. The van der Waals surface area contributed by atoms with Crippen LogP contribution in [-0.4, -0.2) is 19.1 Å². The maximum absolute atomic E-state index is 12.4. The van der Waals surface area contributed by atoms with Crippen LogP contribution in [0.2, 0.25) is 0 Å². The molecule has 0 spiro atoms. The molecule has 0 heterocycles. The molecule has 0 atom stereocenters. The van der Waals surface area contributed by atoms with Crippen LogP contribution >= 0.6 is 0 Å². The Morgan fingerprint density at radius 2 is 1.65 bits per heavy atom. The standard InChI is InChI=1S/C17H16F3NO2/c18-17(19,20)14-8-6-13(7-9-14)10-11-21-16(22)12-23-15-4-2-1-3-5-15/h1-9H,10-12H2,(H,21,22). The van der Waals surface area contributed by atoms with E-state index in [0.717, 1.165) is 17.7 Å². The maximum atomic E-state index is 12.4. The van der Waals surface area contributed by atoms with Gasteiger partial charge < -0.3 is 10.1 Å². The lowest BCUT2D eigenvalue weighted by atomic mass is 10.1. The Bertz CT molecular complexity index is 625. The number of hydrogen-bond donors (Lipinski definition) is 1. The molecule has 2 aromatic carbocycles. The van der Waals surface area contributed by atoms with E-state index in [1.54, 1.807) is 24.3 Å². The van der Waals surface area contributed by atoms with E-state index in [2.05, 4.69) is 5.32 Å². The van der Waals surface area contributed by atoms with Crippen molar-refractivity contribution in [2.24, 2.45) is 0 Å². The van der Waals surface area contributed by atoms with Gasteiger partial charge in [-0.2, -0.15) is 13.2 Å². The number of nitrogens with one attached hydrogen (secondary N) is 1. The van der Waals surface area contributed by atoms with Crippen molar-refractivity contribution < 1.29 is 22.7 Å². The van der Waals surface area contributed by atoms with Crippen LogP contribution in [0.3, 0.4) is 0 Å². The SMILES string of the molecule is O=C(COc1ccccc1)NCCc1ccc(C(F)(F)F)cc1. The van der Waals surface area contributed by atoms with Gasteiger partial charge in [-0.05, 0) is 36.2 Å². The number of para-hydroxylation sites is 1. The number of ether oxygens (including phenoxy) is 1. The van der Waals surface area contributed by atoms with Crippen molar-refractivity contribution in [3.8, 4) is 5.75 Å². The van der Waals surface area contributed by atoms with Gasteiger partial charge in [0.1, 0.15) is 5.75 Å². The summed E-state index contributed by atoms with van der Waals surface area (Å²) in [6.07, 6.45) is -3.88. The summed E-state index contributed by atoms with van der Waals surface area (Å²) in [6.45, 7) is 0.235. The Morgan fingerprint density at radius 3 is 2.26 bits per heavy atom. The van der Waals surface area contributed by atoms with Crippen molar-refractivity contribution in [2.75, 3.05) is 13.2 Å². The molecule has 2 aromatic rings. The van der Waals surface area contributed by atoms with Gasteiger partial charge in [-0.15, -0.1) is 0 Å². The minimum absolute atomic E-state index is 0.100. The second kappa shape index (κ2) is 7.67. The van der Waals surface area contributed by atoms with Crippen LogP contribution in [0.5, 0.6) is 5.75 Å². The quantitative estimate of drug-likeness (QED) is 0.884. The number of carbonyl (C=O) groups excluding carboxylic acids is 1. The monoisotopic (exact) mass is 323 g/mol. The topological polar surface area (TPSA) is 38.3 Å². The van der Waals surface area contributed by atoms with Crippen LogP contribution < -0.4 is 10.1 Å². The van der Waals surface area contributed by atoms with E-state index in [-0.39, 0.29) is 12.5 Å². The number of amides is 1. The third-order valence-electron chi connectivity index (χ3n) is 3.13. The fraction of sp³-hybridized carbons (Fsp3) is 0.235. The molecule has 0 aromatic heterocycles. The Kier molecular flexibility index (Phi) is 5.62. The molecule has 0 radical (unpaired) electrons. The van der Waals surface area contributed by atoms with Gasteiger partial charge in [0.05, 0.1) is 5.56 Å². The summed E-state index contributed by atoms with van der Waals surface area (Å²) in [7, 11) is 0. The molecule has 0 aliphatic heterocycles. The Hall–Kier alpha value is -2.50. The lowest BCUT2D eigenvalue weighted by Crippen LogP contribution is -2.30. The number of halogens is 3. The number of carbonyl (C=O) groups is 1. The van der Waals surface area contributed by atoms with Crippen LogP contribution in [0, 0.1) is 0 Å². The first-order valence-electron chi connectivity index (χ1n) is 7.06. The van der Waals surface area contributed by atoms with Gasteiger partial charge in [-0.1, -0.05) is 30.3 Å². The highest BCUT2D eigenvalue weighted by Crippen LogP contribution is 2.29. The molecule has 0 saturated heterocycles. The number of benzene rings is 2. The predicted molar refractivity (Wildman–Crippen MR) is 80.1 cm³/mol. The summed E-state index contributed by atoms with van der Waals surface area (Å²) < 4.78 is 42.6. The van der Waals surface area contributed by atoms with Crippen LogP contribution in [0.1, 0.15) is 11.1 Å². The number of hydrogen-bond acceptors (Lipinski definition) is 2. The highest BCUT2D eigenvalue weighted by Gasteiger charge is 2.29. The molecule has 1 amide bonds. The molecule has 2 rings (SSSR count). The van der Waals surface area contributed by atoms with E-state index < -0.39 is 11.7 Å². The van der Waals surface area contributed by atoms with Crippen LogP contribution in [0.4, 0.5) is 13.2 Å². The third kappa shape index (κ3) is 5.65. The summed E-state index contributed by atoms with van der Waals surface area (Å²) in [5, 5.41) is 2.66. The molecule has 1 N–H and O–H groups in total. The smallest absolute Gasteiger partial charge is 0.416 e. The zero-order chi connectivity index (χ0) is 16.7. The molecule has 0 aliphatic rings. The minimum Gasteiger partial charge on any atom is -0.484 e. The zero-order valence-electron chi connectivity index (χ0n) is 12.3. The highest BCUT2D eigenvalue weighted by atomic mass is 19.4. The highest BCUT2D eigenvalue weighted by molar-refractivity contribution is 5.77. The average molecular weight is 323 g/mol. The van der Waals surface area contributed by atoms with Gasteiger partial charge in [0.15, 0.2) is 6.61 Å². The fourth-order valence-electron chi connectivity index (χ4n) is 1.92. The van der Waals surface area contributed by atoms with Crippen LogP contribution in [-0.2, 0) is 17.4 Å². The summed E-state index contributed by atoms with van der Waals surface area (Å²) in [6, 6.07) is 13.8. The van der Waals surface area contributed by atoms with Gasteiger partial charge in [0.25, 0.3) is 5.91 Å². The normalized spacial score (nSPS) is 11.1. The molecule has 6 heteroatoms. The molecule has 122 valence electrons.